The van der Waals surface area contributed by atoms with Gasteiger partial charge in [0, 0.05) is 23.8 Å². The molecule has 1 aliphatic heterocycles. The van der Waals surface area contributed by atoms with Gasteiger partial charge in [-0.05, 0) is 42.7 Å². The molecule has 2 aromatic carbocycles. The Morgan fingerprint density at radius 2 is 1.94 bits per heavy atom. The minimum Gasteiger partial charge on any atom is -0.299 e. The lowest BCUT2D eigenvalue weighted by Gasteiger charge is -2.22. The van der Waals surface area contributed by atoms with Crippen LogP contribution in [0.4, 0.5) is 9.52 Å². The van der Waals surface area contributed by atoms with Crippen molar-refractivity contribution in [1.82, 2.24) is 13.7 Å². The maximum Gasteiger partial charge on any atom is 0.244 e. The third-order valence-corrected chi connectivity index (χ3v) is 8.36. The molecule has 0 spiro atoms. The van der Waals surface area contributed by atoms with E-state index in [4.69, 9.17) is 0 Å². The molecule has 7 nitrogen and oxygen atoms in total. The first-order valence-corrected chi connectivity index (χ1v) is 12.7. The summed E-state index contributed by atoms with van der Waals surface area (Å²) in [4.78, 5) is 17.1. The third-order valence-electron chi connectivity index (χ3n) is 4.77. The van der Waals surface area contributed by atoms with Gasteiger partial charge in [0.1, 0.15) is 11.9 Å². The molecule has 0 radical (unpaired) electrons. The van der Waals surface area contributed by atoms with Crippen molar-refractivity contribution in [3.05, 3.63) is 66.0 Å². The van der Waals surface area contributed by atoms with E-state index in [1.54, 1.807) is 0 Å². The molecule has 1 amide bonds. The number of carbonyl (C=O) groups is 1. The molecular weight excluding hydrogens is 459 g/mol. The van der Waals surface area contributed by atoms with Gasteiger partial charge in [0.25, 0.3) is 0 Å². The van der Waals surface area contributed by atoms with Crippen LogP contribution in [-0.2, 0) is 20.6 Å². The molecule has 1 N–H and O–H groups in total. The van der Waals surface area contributed by atoms with E-state index in [-0.39, 0.29) is 11.4 Å². The van der Waals surface area contributed by atoms with E-state index in [9.17, 15) is 17.6 Å². The number of nitrogens with one attached hydrogen (secondary N) is 1. The standard InChI is InChI=1S/C20H19FN4O3S3/c21-15-8-10-16(11-9-15)31(27,28)25-12-4-7-17(25)18(26)22-19-23-20(24-30-19)29-13-14-5-2-1-3-6-14/h1-3,5-6,8-11,17H,4,7,12-13H2,(H,22,23,24,26)/t17-/m1/s1. The SMILES string of the molecule is O=C(Nc1nc(SCc2ccccc2)ns1)[C@H]1CCCN1S(=O)(=O)c1ccc(F)cc1. The first-order valence-electron chi connectivity index (χ1n) is 9.52. The zero-order valence-electron chi connectivity index (χ0n) is 16.3. The van der Waals surface area contributed by atoms with Crippen LogP contribution in [0.3, 0.4) is 0 Å². The van der Waals surface area contributed by atoms with Crippen LogP contribution in [0.5, 0.6) is 0 Å². The third kappa shape index (κ3) is 5.12. The molecule has 162 valence electrons. The average molecular weight is 479 g/mol. The van der Waals surface area contributed by atoms with Gasteiger partial charge in [0.2, 0.25) is 26.2 Å². The number of sulfonamides is 1. The molecule has 0 unspecified atom stereocenters. The molecule has 0 saturated carbocycles. The van der Waals surface area contributed by atoms with Crippen LogP contribution in [-0.4, -0.2) is 40.6 Å². The van der Waals surface area contributed by atoms with E-state index in [2.05, 4.69) is 14.7 Å². The highest BCUT2D eigenvalue weighted by atomic mass is 32.2. The van der Waals surface area contributed by atoms with Crippen molar-refractivity contribution in [3.8, 4) is 0 Å². The van der Waals surface area contributed by atoms with Crippen LogP contribution < -0.4 is 5.32 Å². The van der Waals surface area contributed by atoms with E-state index in [0.29, 0.717) is 28.9 Å². The minimum atomic E-state index is -3.91. The van der Waals surface area contributed by atoms with Gasteiger partial charge >= 0.3 is 0 Å². The molecule has 1 atom stereocenters. The van der Waals surface area contributed by atoms with Crippen LogP contribution >= 0.6 is 23.3 Å². The van der Waals surface area contributed by atoms with Crippen molar-refractivity contribution < 1.29 is 17.6 Å². The van der Waals surface area contributed by atoms with Crippen LogP contribution in [0.1, 0.15) is 18.4 Å². The Hall–Kier alpha value is -2.34. The van der Waals surface area contributed by atoms with Gasteiger partial charge in [-0.1, -0.05) is 42.1 Å². The summed E-state index contributed by atoms with van der Waals surface area (Å²) >= 11 is 2.51. The fourth-order valence-electron chi connectivity index (χ4n) is 3.26. The number of anilines is 1. The van der Waals surface area contributed by atoms with Crippen LogP contribution in [0.2, 0.25) is 0 Å². The molecule has 4 rings (SSSR count). The lowest BCUT2D eigenvalue weighted by Crippen LogP contribution is -2.43. The smallest absolute Gasteiger partial charge is 0.244 e. The van der Waals surface area contributed by atoms with Crippen molar-refractivity contribution in [1.29, 1.82) is 0 Å². The quantitative estimate of drug-likeness (QED) is 0.520. The maximum absolute atomic E-state index is 13.2. The topological polar surface area (TPSA) is 92.3 Å². The molecule has 0 bridgehead atoms. The number of hydrogen-bond donors (Lipinski definition) is 1. The van der Waals surface area contributed by atoms with Gasteiger partial charge in [-0.3, -0.25) is 10.1 Å². The van der Waals surface area contributed by atoms with Gasteiger partial charge in [-0.2, -0.15) is 13.7 Å². The molecular formula is C20H19FN4O3S3. The number of carbonyl (C=O) groups excluding carboxylic acids is 1. The Morgan fingerprint density at radius 1 is 1.19 bits per heavy atom. The summed E-state index contributed by atoms with van der Waals surface area (Å²) in [7, 11) is -3.91. The lowest BCUT2D eigenvalue weighted by molar-refractivity contribution is -0.119. The molecule has 1 aliphatic rings. The van der Waals surface area contributed by atoms with Crippen LogP contribution in [0, 0.1) is 5.82 Å². The van der Waals surface area contributed by atoms with E-state index >= 15 is 0 Å². The summed E-state index contributed by atoms with van der Waals surface area (Å²) in [5.74, 6) is -0.261. The van der Waals surface area contributed by atoms with Gasteiger partial charge in [-0.25, -0.2) is 12.8 Å². The van der Waals surface area contributed by atoms with E-state index in [0.717, 1.165) is 29.2 Å². The summed E-state index contributed by atoms with van der Waals surface area (Å²) in [6, 6.07) is 13.6. The Morgan fingerprint density at radius 3 is 2.68 bits per heavy atom. The van der Waals surface area contributed by atoms with Crippen molar-refractivity contribution in [2.24, 2.45) is 0 Å². The highest BCUT2D eigenvalue weighted by Crippen LogP contribution is 2.28. The lowest BCUT2D eigenvalue weighted by atomic mass is 10.2. The number of aromatic nitrogens is 2. The van der Waals surface area contributed by atoms with Crippen molar-refractivity contribution >= 4 is 44.4 Å². The van der Waals surface area contributed by atoms with Gasteiger partial charge in [-0.15, -0.1) is 0 Å². The number of halogens is 1. The second-order valence-corrected chi connectivity index (χ2v) is 10.5. The highest BCUT2D eigenvalue weighted by Gasteiger charge is 2.39. The second kappa shape index (κ2) is 9.43. The molecule has 2 heterocycles. The number of thioether (sulfide) groups is 1. The number of benzene rings is 2. The number of rotatable bonds is 7. The zero-order chi connectivity index (χ0) is 21.8. The molecule has 3 aromatic rings. The predicted molar refractivity (Wildman–Crippen MR) is 118 cm³/mol. The van der Waals surface area contributed by atoms with Crippen molar-refractivity contribution in [2.45, 2.75) is 34.7 Å². The zero-order valence-corrected chi connectivity index (χ0v) is 18.7. The monoisotopic (exact) mass is 478 g/mol. The fraction of sp³-hybridized carbons (Fsp3) is 0.250. The van der Waals surface area contributed by atoms with Crippen molar-refractivity contribution in [3.63, 3.8) is 0 Å². The minimum absolute atomic E-state index is 0.0379. The Kier molecular flexibility index (Phi) is 6.65. The van der Waals surface area contributed by atoms with Gasteiger partial charge in [0.15, 0.2) is 0 Å². The van der Waals surface area contributed by atoms with Crippen molar-refractivity contribution in [2.75, 3.05) is 11.9 Å². The molecule has 1 aromatic heterocycles. The largest absolute Gasteiger partial charge is 0.299 e. The normalized spacial score (nSPS) is 17.0. The molecule has 31 heavy (non-hydrogen) atoms. The molecule has 1 saturated heterocycles. The number of amides is 1. The predicted octanol–water partition coefficient (Wildman–Crippen LogP) is 3.76. The van der Waals surface area contributed by atoms with Gasteiger partial charge in [0.05, 0.1) is 4.90 Å². The van der Waals surface area contributed by atoms with Crippen LogP contribution in [0.25, 0.3) is 0 Å². The Labute approximate surface area is 187 Å². The molecule has 0 aliphatic carbocycles. The van der Waals surface area contributed by atoms with E-state index < -0.39 is 27.8 Å². The summed E-state index contributed by atoms with van der Waals surface area (Å²) in [6.07, 6.45) is 0.966. The number of nitrogens with zero attached hydrogens (tertiary/aromatic N) is 3. The van der Waals surface area contributed by atoms with Crippen LogP contribution in [0.15, 0.2) is 64.6 Å². The Balaban J connectivity index is 1.41. The summed E-state index contributed by atoms with van der Waals surface area (Å²) in [5, 5.41) is 3.56. The average Bonchev–Trinajstić information content (AvgIpc) is 3.43. The summed E-state index contributed by atoms with van der Waals surface area (Å²) < 4.78 is 44.4. The first kappa shape index (κ1) is 21.9. The maximum atomic E-state index is 13.2. The Bertz CT molecular complexity index is 1150. The second-order valence-electron chi connectivity index (χ2n) is 6.87. The highest BCUT2D eigenvalue weighted by molar-refractivity contribution is 7.98. The fourth-order valence-corrected chi connectivity index (χ4v) is 6.42. The molecule has 1 fully saturated rings. The summed E-state index contributed by atoms with van der Waals surface area (Å²) in [6.45, 7) is 0.228. The van der Waals surface area contributed by atoms with Gasteiger partial charge < -0.3 is 0 Å². The van der Waals surface area contributed by atoms with E-state index in [1.165, 1.54) is 28.2 Å². The first-order chi connectivity index (χ1) is 14.9. The number of hydrogen-bond acceptors (Lipinski definition) is 7. The van der Waals surface area contributed by atoms with E-state index in [1.807, 2.05) is 30.3 Å². The molecule has 11 heteroatoms. The summed E-state index contributed by atoms with van der Waals surface area (Å²) in [5.41, 5.74) is 1.14.